The first-order valence-electron chi connectivity index (χ1n) is 4.97. The summed E-state index contributed by atoms with van der Waals surface area (Å²) in [6, 6.07) is 4.60. The molecule has 0 radical (unpaired) electrons. The van der Waals surface area contributed by atoms with Crippen LogP contribution in [0.5, 0.6) is 5.75 Å². The highest BCUT2D eigenvalue weighted by Gasteiger charge is 2.48. The molecule has 18 heavy (non-hydrogen) atoms. The molecule has 0 bridgehead atoms. The third kappa shape index (κ3) is 3.61. The Labute approximate surface area is 103 Å². The molecule has 1 aromatic carbocycles. The predicted octanol–water partition coefficient (Wildman–Crippen LogP) is 1.98. The molecule has 1 aromatic rings. The Hall–Kier alpha value is -1.28. The largest absolute Gasteiger partial charge is 0.494 e. The molecule has 0 aromatic heterocycles. The van der Waals surface area contributed by atoms with Gasteiger partial charge in [0, 0.05) is 0 Å². The molecular formula is C10H12F3NO3S. The van der Waals surface area contributed by atoms with Gasteiger partial charge >= 0.3 is 6.18 Å². The van der Waals surface area contributed by atoms with E-state index in [0.29, 0.717) is 12.4 Å². The van der Waals surface area contributed by atoms with E-state index in [2.05, 4.69) is 5.14 Å². The summed E-state index contributed by atoms with van der Waals surface area (Å²) in [5.74, 6) is 0.358. The molecule has 1 rings (SSSR count). The molecule has 4 nitrogen and oxygen atoms in total. The highest BCUT2D eigenvalue weighted by atomic mass is 32.2. The molecule has 0 saturated heterocycles. The van der Waals surface area contributed by atoms with Crippen molar-refractivity contribution >= 4 is 10.0 Å². The average Bonchev–Trinajstić information content (AvgIpc) is 2.17. The van der Waals surface area contributed by atoms with Gasteiger partial charge in [-0.3, -0.25) is 0 Å². The molecule has 2 N–H and O–H groups in total. The minimum absolute atomic E-state index is 0.358. The van der Waals surface area contributed by atoms with Crippen LogP contribution in [0, 0.1) is 0 Å². The van der Waals surface area contributed by atoms with Gasteiger partial charge in [-0.25, -0.2) is 13.6 Å². The maximum atomic E-state index is 12.7. The van der Waals surface area contributed by atoms with E-state index in [0.717, 1.165) is 12.1 Å². The molecular weight excluding hydrogens is 271 g/mol. The second-order valence-electron chi connectivity index (χ2n) is 3.51. The Balaban J connectivity index is 3.16. The van der Waals surface area contributed by atoms with Crippen LogP contribution in [-0.4, -0.2) is 21.2 Å². The molecule has 0 saturated carbocycles. The molecule has 0 aliphatic rings. The van der Waals surface area contributed by atoms with Crippen molar-refractivity contribution in [3.63, 3.8) is 0 Å². The minimum atomic E-state index is -4.96. The van der Waals surface area contributed by atoms with E-state index in [9.17, 15) is 21.6 Å². The van der Waals surface area contributed by atoms with Gasteiger partial charge in [0.15, 0.2) is 5.25 Å². The van der Waals surface area contributed by atoms with Crippen molar-refractivity contribution < 1.29 is 26.3 Å². The number of rotatable bonds is 4. The number of halogens is 3. The van der Waals surface area contributed by atoms with Crippen molar-refractivity contribution in [1.29, 1.82) is 0 Å². The number of hydrogen-bond acceptors (Lipinski definition) is 3. The first kappa shape index (κ1) is 14.8. The van der Waals surface area contributed by atoms with Crippen molar-refractivity contribution in [1.82, 2.24) is 0 Å². The van der Waals surface area contributed by atoms with Gasteiger partial charge in [0.25, 0.3) is 0 Å². The Bertz CT molecular complexity index is 496. The summed E-state index contributed by atoms with van der Waals surface area (Å²) < 4.78 is 65.1. The third-order valence-electron chi connectivity index (χ3n) is 2.12. The smallest absolute Gasteiger partial charge is 0.410 e. The Morgan fingerprint density at radius 1 is 1.28 bits per heavy atom. The lowest BCUT2D eigenvalue weighted by molar-refractivity contribution is -0.131. The predicted molar refractivity (Wildman–Crippen MR) is 59.5 cm³/mol. The van der Waals surface area contributed by atoms with E-state index in [-0.39, 0.29) is 0 Å². The quantitative estimate of drug-likeness (QED) is 0.918. The summed E-state index contributed by atoms with van der Waals surface area (Å²) >= 11 is 0. The summed E-state index contributed by atoms with van der Waals surface area (Å²) in [6.07, 6.45) is -4.96. The molecule has 0 aliphatic heterocycles. The minimum Gasteiger partial charge on any atom is -0.494 e. The number of sulfonamides is 1. The van der Waals surface area contributed by atoms with Crippen molar-refractivity contribution in [3.8, 4) is 5.75 Å². The molecule has 0 heterocycles. The van der Waals surface area contributed by atoms with Crippen LogP contribution in [0.1, 0.15) is 17.7 Å². The first-order valence-corrected chi connectivity index (χ1v) is 6.58. The monoisotopic (exact) mass is 283 g/mol. The molecule has 102 valence electrons. The van der Waals surface area contributed by atoms with E-state index in [4.69, 9.17) is 4.74 Å². The Kier molecular flexibility index (Phi) is 4.23. The van der Waals surface area contributed by atoms with Crippen LogP contribution in [0.2, 0.25) is 0 Å². The molecule has 0 fully saturated rings. The van der Waals surface area contributed by atoms with Gasteiger partial charge in [-0.1, -0.05) is 12.1 Å². The van der Waals surface area contributed by atoms with Crippen LogP contribution >= 0.6 is 0 Å². The maximum Gasteiger partial charge on any atom is 0.410 e. The highest BCUT2D eigenvalue weighted by molar-refractivity contribution is 7.89. The van der Waals surface area contributed by atoms with E-state index < -0.39 is 27.0 Å². The number of nitrogens with two attached hydrogens (primary N) is 1. The van der Waals surface area contributed by atoms with Crippen LogP contribution in [0.3, 0.4) is 0 Å². The fourth-order valence-corrected chi connectivity index (χ4v) is 2.38. The van der Waals surface area contributed by atoms with Gasteiger partial charge < -0.3 is 4.74 Å². The lowest BCUT2D eigenvalue weighted by Gasteiger charge is -2.18. The van der Waals surface area contributed by atoms with Crippen molar-refractivity contribution in [2.45, 2.75) is 18.3 Å². The van der Waals surface area contributed by atoms with Gasteiger partial charge in [0.05, 0.1) is 6.61 Å². The van der Waals surface area contributed by atoms with Crippen molar-refractivity contribution in [3.05, 3.63) is 29.8 Å². The zero-order valence-electron chi connectivity index (χ0n) is 9.44. The zero-order chi connectivity index (χ0) is 14.0. The zero-order valence-corrected chi connectivity index (χ0v) is 10.3. The molecule has 1 atom stereocenters. The number of ether oxygens (including phenoxy) is 1. The standard InChI is InChI=1S/C10H12F3NO3S/c1-2-17-8-5-3-7(4-6-8)9(10(11,12)13)18(14,15)16/h3-6,9H,2H2,1H3,(H2,14,15,16). The fraction of sp³-hybridized carbons (Fsp3) is 0.400. The normalized spacial score (nSPS) is 14.3. The van der Waals surface area contributed by atoms with Crippen LogP contribution in [-0.2, 0) is 10.0 Å². The van der Waals surface area contributed by atoms with Gasteiger partial charge in [-0.05, 0) is 24.6 Å². The van der Waals surface area contributed by atoms with Gasteiger partial charge in [0.1, 0.15) is 5.75 Å². The van der Waals surface area contributed by atoms with Crippen molar-refractivity contribution in [2.24, 2.45) is 5.14 Å². The molecule has 1 unspecified atom stereocenters. The molecule has 0 amide bonds. The van der Waals surface area contributed by atoms with E-state index in [1.165, 1.54) is 12.1 Å². The second-order valence-corrected chi connectivity index (χ2v) is 5.16. The average molecular weight is 283 g/mol. The lowest BCUT2D eigenvalue weighted by atomic mass is 10.1. The Morgan fingerprint density at radius 3 is 2.11 bits per heavy atom. The summed E-state index contributed by atoms with van der Waals surface area (Å²) in [4.78, 5) is 0. The number of alkyl halides is 3. The Morgan fingerprint density at radius 2 is 1.78 bits per heavy atom. The first-order chi connectivity index (χ1) is 8.16. The summed E-state index contributed by atoms with van der Waals surface area (Å²) in [7, 11) is -4.77. The summed E-state index contributed by atoms with van der Waals surface area (Å²) in [5, 5.41) is 1.89. The van der Waals surface area contributed by atoms with Gasteiger partial charge in [-0.15, -0.1) is 0 Å². The van der Waals surface area contributed by atoms with Crippen molar-refractivity contribution in [2.75, 3.05) is 6.61 Å². The highest BCUT2D eigenvalue weighted by Crippen LogP contribution is 2.38. The number of benzene rings is 1. The van der Waals surface area contributed by atoms with Crippen LogP contribution in [0.4, 0.5) is 13.2 Å². The van der Waals surface area contributed by atoms with Crippen LogP contribution in [0.25, 0.3) is 0 Å². The van der Waals surface area contributed by atoms with Crippen LogP contribution < -0.4 is 9.88 Å². The van der Waals surface area contributed by atoms with E-state index in [1.54, 1.807) is 6.92 Å². The molecule has 0 spiro atoms. The van der Waals surface area contributed by atoms with Gasteiger partial charge in [-0.2, -0.15) is 13.2 Å². The SMILES string of the molecule is CCOc1ccc(C(C(F)(F)F)S(N)(=O)=O)cc1. The number of primary sulfonamides is 1. The maximum absolute atomic E-state index is 12.7. The van der Waals surface area contributed by atoms with E-state index in [1.807, 2.05) is 0 Å². The van der Waals surface area contributed by atoms with Crippen LogP contribution in [0.15, 0.2) is 24.3 Å². The molecule has 8 heteroatoms. The lowest BCUT2D eigenvalue weighted by Crippen LogP contribution is -2.33. The fourth-order valence-electron chi connectivity index (χ4n) is 1.47. The topological polar surface area (TPSA) is 69.4 Å². The molecule has 0 aliphatic carbocycles. The third-order valence-corrected chi connectivity index (χ3v) is 3.32. The number of hydrogen-bond donors (Lipinski definition) is 1. The summed E-state index contributed by atoms with van der Waals surface area (Å²) in [5.41, 5.74) is -0.437. The second kappa shape index (κ2) is 5.15. The summed E-state index contributed by atoms with van der Waals surface area (Å²) in [6.45, 7) is 2.08. The van der Waals surface area contributed by atoms with E-state index >= 15 is 0 Å². The van der Waals surface area contributed by atoms with Gasteiger partial charge in [0.2, 0.25) is 10.0 Å².